The largest absolute Gasteiger partial charge is 0.514 e. The molecule has 0 saturated carbocycles. The number of hydrogen-bond donors (Lipinski definition) is 2. The van der Waals surface area contributed by atoms with Gasteiger partial charge in [0, 0.05) is 6.54 Å². The Labute approximate surface area is 213 Å². The van der Waals surface area contributed by atoms with Crippen LogP contribution in [0.3, 0.4) is 0 Å². The van der Waals surface area contributed by atoms with Crippen molar-refractivity contribution in [3.8, 4) is 17.2 Å². The molecule has 0 heterocycles. The van der Waals surface area contributed by atoms with Gasteiger partial charge in [0.2, 0.25) is 0 Å². The van der Waals surface area contributed by atoms with E-state index < -0.39 is 36.6 Å². The molecule has 0 aromatic heterocycles. The normalized spacial score (nSPS) is 12.0. The quantitative estimate of drug-likeness (QED) is 0.237. The summed E-state index contributed by atoms with van der Waals surface area (Å²) in [6, 6.07) is 11.4. The van der Waals surface area contributed by atoms with E-state index in [-0.39, 0.29) is 37.7 Å². The first-order valence-electron chi connectivity index (χ1n) is 11.4. The number of ether oxygens (including phenoxy) is 6. The standard InChI is InChI=1S/C25H29NO11/c1-4-32-23(29)36-20-12-11-17(14-21(20)37-24(30)33-5-2)13-19(22(27)28)26-15-16(3)34-25(31)35-18-9-7-6-8-10-18/h6-12,14,16,19,26H,4-5,13,15H2,1-3H3,(H,27,28)/t16?,19-/m0/s1. The second kappa shape index (κ2) is 14.9. The van der Waals surface area contributed by atoms with E-state index in [1.165, 1.54) is 18.2 Å². The van der Waals surface area contributed by atoms with E-state index in [1.54, 1.807) is 51.1 Å². The minimum absolute atomic E-state index is 0.0110. The van der Waals surface area contributed by atoms with Crippen LogP contribution in [0, 0.1) is 0 Å². The summed E-state index contributed by atoms with van der Waals surface area (Å²) in [5.74, 6) is -1.13. The maximum atomic E-state index is 11.9. The fourth-order valence-corrected chi connectivity index (χ4v) is 2.92. The predicted octanol–water partition coefficient (Wildman–Crippen LogP) is 3.95. The number of carboxylic acids is 1. The molecule has 2 atom stereocenters. The van der Waals surface area contributed by atoms with Crippen LogP contribution in [0.4, 0.5) is 14.4 Å². The SMILES string of the molecule is CCOC(=O)Oc1ccc(C[C@H](NCC(C)OC(=O)Oc2ccccc2)C(=O)O)cc1OC(=O)OCC. The van der Waals surface area contributed by atoms with E-state index >= 15 is 0 Å². The van der Waals surface area contributed by atoms with Gasteiger partial charge in [0.05, 0.1) is 13.2 Å². The molecule has 2 aromatic rings. The Morgan fingerprint density at radius 3 is 2.05 bits per heavy atom. The Balaban J connectivity index is 2.03. The first-order chi connectivity index (χ1) is 17.7. The van der Waals surface area contributed by atoms with Crippen molar-refractivity contribution in [2.45, 2.75) is 39.3 Å². The number of carbonyl (C=O) groups excluding carboxylic acids is 3. The summed E-state index contributed by atoms with van der Waals surface area (Å²) >= 11 is 0. The van der Waals surface area contributed by atoms with Crippen molar-refractivity contribution in [3.63, 3.8) is 0 Å². The van der Waals surface area contributed by atoms with E-state index in [1.807, 2.05) is 0 Å². The van der Waals surface area contributed by atoms with E-state index in [9.17, 15) is 24.3 Å². The Kier molecular flexibility index (Phi) is 11.7. The van der Waals surface area contributed by atoms with Gasteiger partial charge in [-0.3, -0.25) is 4.79 Å². The van der Waals surface area contributed by atoms with Gasteiger partial charge in [-0.2, -0.15) is 0 Å². The lowest BCUT2D eigenvalue weighted by atomic mass is 10.0. The van der Waals surface area contributed by atoms with Gasteiger partial charge in [-0.05, 0) is 57.0 Å². The van der Waals surface area contributed by atoms with Gasteiger partial charge in [-0.1, -0.05) is 24.3 Å². The van der Waals surface area contributed by atoms with Gasteiger partial charge < -0.3 is 38.8 Å². The van der Waals surface area contributed by atoms with Crippen LogP contribution in [0.1, 0.15) is 26.3 Å². The summed E-state index contributed by atoms with van der Waals surface area (Å²) in [5.41, 5.74) is 0.437. The molecule has 2 N–H and O–H groups in total. The minimum Gasteiger partial charge on any atom is -0.480 e. The molecule has 200 valence electrons. The molecule has 12 heteroatoms. The van der Waals surface area contributed by atoms with E-state index in [2.05, 4.69) is 5.32 Å². The molecule has 0 amide bonds. The Morgan fingerprint density at radius 2 is 1.46 bits per heavy atom. The van der Waals surface area contributed by atoms with Gasteiger partial charge in [-0.15, -0.1) is 0 Å². The topological polar surface area (TPSA) is 156 Å². The van der Waals surface area contributed by atoms with Crippen molar-refractivity contribution in [2.75, 3.05) is 19.8 Å². The molecule has 37 heavy (non-hydrogen) atoms. The molecule has 0 saturated heterocycles. The van der Waals surface area contributed by atoms with Crippen molar-refractivity contribution in [1.82, 2.24) is 5.32 Å². The van der Waals surface area contributed by atoms with Crippen LogP contribution in [-0.2, 0) is 25.4 Å². The molecule has 12 nitrogen and oxygen atoms in total. The number of carbonyl (C=O) groups is 4. The number of benzene rings is 2. The first-order valence-corrected chi connectivity index (χ1v) is 11.4. The van der Waals surface area contributed by atoms with Gasteiger partial charge >= 0.3 is 24.4 Å². The molecule has 2 rings (SSSR count). The molecular formula is C25H29NO11. The van der Waals surface area contributed by atoms with Crippen molar-refractivity contribution in [1.29, 1.82) is 0 Å². The fraction of sp³-hybridized carbons (Fsp3) is 0.360. The lowest BCUT2D eigenvalue weighted by Crippen LogP contribution is -2.42. The summed E-state index contributed by atoms with van der Waals surface area (Å²) < 4.78 is 29.8. The molecule has 0 aliphatic rings. The maximum Gasteiger partial charge on any atom is 0.514 e. The van der Waals surface area contributed by atoms with E-state index in [4.69, 9.17) is 28.4 Å². The highest BCUT2D eigenvalue weighted by atomic mass is 16.7. The third kappa shape index (κ3) is 10.4. The van der Waals surface area contributed by atoms with Crippen LogP contribution in [0.5, 0.6) is 17.2 Å². The van der Waals surface area contributed by atoms with Gasteiger partial charge in [0.25, 0.3) is 0 Å². The molecule has 1 unspecified atom stereocenters. The number of hydrogen-bond acceptors (Lipinski definition) is 11. The van der Waals surface area contributed by atoms with Crippen molar-refractivity contribution in [2.24, 2.45) is 0 Å². The second-order valence-electron chi connectivity index (χ2n) is 7.45. The number of aliphatic carboxylic acids is 1. The smallest absolute Gasteiger partial charge is 0.480 e. The van der Waals surface area contributed by atoms with Gasteiger partial charge in [-0.25, -0.2) is 14.4 Å². The zero-order valence-electron chi connectivity index (χ0n) is 20.6. The van der Waals surface area contributed by atoms with Crippen LogP contribution in [-0.4, -0.2) is 61.4 Å². The Morgan fingerprint density at radius 1 is 0.838 bits per heavy atom. The molecule has 0 bridgehead atoms. The minimum atomic E-state index is -1.17. The molecule has 0 spiro atoms. The molecule has 0 aliphatic heterocycles. The molecular weight excluding hydrogens is 490 g/mol. The van der Waals surface area contributed by atoms with Gasteiger partial charge in [0.1, 0.15) is 17.9 Å². The van der Waals surface area contributed by atoms with Crippen molar-refractivity contribution >= 4 is 24.4 Å². The predicted molar refractivity (Wildman–Crippen MR) is 128 cm³/mol. The molecule has 0 radical (unpaired) electrons. The lowest BCUT2D eigenvalue weighted by molar-refractivity contribution is -0.139. The fourth-order valence-electron chi connectivity index (χ4n) is 2.92. The summed E-state index contributed by atoms with van der Waals surface area (Å²) in [6.45, 7) is 4.89. The Bertz CT molecular complexity index is 1060. The van der Waals surface area contributed by atoms with E-state index in [0.717, 1.165) is 0 Å². The number of rotatable bonds is 12. The Hall–Kier alpha value is -4.32. The molecule has 0 fully saturated rings. The molecule has 0 aliphatic carbocycles. The summed E-state index contributed by atoms with van der Waals surface area (Å²) in [7, 11) is 0. The number of carboxylic acid groups (broad SMARTS) is 1. The van der Waals surface area contributed by atoms with Crippen LogP contribution < -0.4 is 19.5 Å². The zero-order valence-corrected chi connectivity index (χ0v) is 20.6. The summed E-state index contributed by atoms with van der Waals surface area (Å²) in [6.07, 6.45) is -3.72. The highest BCUT2D eigenvalue weighted by molar-refractivity contribution is 5.74. The second-order valence-corrected chi connectivity index (χ2v) is 7.45. The monoisotopic (exact) mass is 519 g/mol. The van der Waals surface area contributed by atoms with Crippen molar-refractivity contribution < 1.29 is 52.7 Å². The van der Waals surface area contributed by atoms with Crippen LogP contribution in [0.25, 0.3) is 0 Å². The number of nitrogens with one attached hydrogen (secondary N) is 1. The van der Waals surface area contributed by atoms with Crippen LogP contribution >= 0.6 is 0 Å². The summed E-state index contributed by atoms with van der Waals surface area (Å²) in [5, 5.41) is 12.5. The van der Waals surface area contributed by atoms with Crippen LogP contribution in [0.15, 0.2) is 48.5 Å². The van der Waals surface area contributed by atoms with Crippen molar-refractivity contribution in [3.05, 3.63) is 54.1 Å². The first kappa shape index (κ1) is 28.9. The average Bonchev–Trinajstić information content (AvgIpc) is 2.84. The highest BCUT2D eigenvalue weighted by Crippen LogP contribution is 2.30. The van der Waals surface area contributed by atoms with Crippen LogP contribution in [0.2, 0.25) is 0 Å². The maximum absolute atomic E-state index is 11.9. The van der Waals surface area contributed by atoms with E-state index in [0.29, 0.717) is 11.3 Å². The number of para-hydroxylation sites is 1. The lowest BCUT2D eigenvalue weighted by Gasteiger charge is -2.19. The average molecular weight is 520 g/mol. The van der Waals surface area contributed by atoms with Gasteiger partial charge in [0.15, 0.2) is 11.5 Å². The third-order valence-corrected chi connectivity index (χ3v) is 4.55. The zero-order chi connectivity index (χ0) is 27.2. The molecule has 2 aromatic carbocycles. The highest BCUT2D eigenvalue weighted by Gasteiger charge is 2.22. The summed E-state index contributed by atoms with van der Waals surface area (Å²) in [4.78, 5) is 47.3. The third-order valence-electron chi connectivity index (χ3n) is 4.55.